The van der Waals surface area contributed by atoms with Crippen molar-refractivity contribution in [3.63, 3.8) is 0 Å². The summed E-state index contributed by atoms with van der Waals surface area (Å²) in [6, 6.07) is 4.53. The molecule has 0 aliphatic heterocycles. The van der Waals surface area contributed by atoms with E-state index in [9.17, 15) is 0 Å². The molecule has 3 heteroatoms. The summed E-state index contributed by atoms with van der Waals surface area (Å²) < 4.78 is 5.41. The van der Waals surface area contributed by atoms with Gasteiger partial charge in [-0.1, -0.05) is 0 Å². The minimum absolute atomic E-state index is 0.302. The van der Waals surface area contributed by atoms with Crippen molar-refractivity contribution in [3.8, 4) is 5.75 Å². The standard InChI is InChI=1S/C13H22N2O/c1-9-6-12(15(4)11(3)8-14)13(16-5)7-10(9)2/h6-7,11H,8,14H2,1-5H3. The van der Waals surface area contributed by atoms with Crippen molar-refractivity contribution in [2.24, 2.45) is 5.73 Å². The molecule has 1 aromatic rings. The summed E-state index contributed by atoms with van der Waals surface area (Å²) in [5, 5.41) is 0. The van der Waals surface area contributed by atoms with Crippen LogP contribution in [0.15, 0.2) is 12.1 Å². The zero-order valence-corrected chi connectivity index (χ0v) is 10.9. The molecule has 0 aliphatic rings. The van der Waals surface area contributed by atoms with Crippen LogP contribution in [-0.4, -0.2) is 26.7 Å². The highest BCUT2D eigenvalue weighted by molar-refractivity contribution is 5.62. The number of methoxy groups -OCH3 is 1. The molecule has 0 fully saturated rings. The third-order valence-electron chi connectivity index (χ3n) is 3.18. The van der Waals surface area contributed by atoms with E-state index in [-0.39, 0.29) is 0 Å². The lowest BCUT2D eigenvalue weighted by Crippen LogP contribution is -2.35. The van der Waals surface area contributed by atoms with Crippen LogP contribution in [0.4, 0.5) is 5.69 Å². The van der Waals surface area contributed by atoms with E-state index in [0.717, 1.165) is 11.4 Å². The van der Waals surface area contributed by atoms with Gasteiger partial charge in [0.2, 0.25) is 0 Å². The van der Waals surface area contributed by atoms with Crippen LogP contribution in [0.1, 0.15) is 18.1 Å². The maximum Gasteiger partial charge on any atom is 0.142 e. The Labute approximate surface area is 98.2 Å². The Morgan fingerprint density at radius 1 is 1.31 bits per heavy atom. The lowest BCUT2D eigenvalue weighted by molar-refractivity contribution is 0.413. The molecule has 1 aromatic carbocycles. The van der Waals surface area contributed by atoms with Gasteiger partial charge in [-0.3, -0.25) is 0 Å². The van der Waals surface area contributed by atoms with E-state index in [1.807, 2.05) is 7.05 Å². The fourth-order valence-electron chi connectivity index (χ4n) is 1.61. The summed E-state index contributed by atoms with van der Waals surface area (Å²) in [5.41, 5.74) is 9.30. The number of ether oxygens (including phenoxy) is 1. The molecule has 0 aliphatic carbocycles. The van der Waals surface area contributed by atoms with Gasteiger partial charge in [0.25, 0.3) is 0 Å². The molecule has 90 valence electrons. The van der Waals surface area contributed by atoms with Crippen LogP contribution in [0.3, 0.4) is 0 Å². The molecule has 0 saturated carbocycles. The quantitative estimate of drug-likeness (QED) is 0.848. The monoisotopic (exact) mass is 222 g/mol. The average Bonchev–Trinajstić information content (AvgIpc) is 2.30. The molecule has 16 heavy (non-hydrogen) atoms. The van der Waals surface area contributed by atoms with E-state index in [4.69, 9.17) is 10.5 Å². The lowest BCUT2D eigenvalue weighted by atomic mass is 10.1. The fourth-order valence-corrected chi connectivity index (χ4v) is 1.61. The van der Waals surface area contributed by atoms with Crippen molar-refractivity contribution < 1.29 is 4.74 Å². The number of anilines is 1. The highest BCUT2D eigenvalue weighted by atomic mass is 16.5. The first kappa shape index (κ1) is 12.8. The van der Waals surface area contributed by atoms with E-state index >= 15 is 0 Å². The van der Waals surface area contributed by atoms with Crippen LogP contribution >= 0.6 is 0 Å². The van der Waals surface area contributed by atoms with Crippen LogP contribution in [0.2, 0.25) is 0 Å². The molecular weight excluding hydrogens is 200 g/mol. The van der Waals surface area contributed by atoms with E-state index in [2.05, 4.69) is 37.8 Å². The third-order valence-corrected chi connectivity index (χ3v) is 3.18. The van der Waals surface area contributed by atoms with Crippen molar-refractivity contribution in [1.29, 1.82) is 0 Å². The largest absolute Gasteiger partial charge is 0.495 e. The Kier molecular flexibility index (Phi) is 4.19. The number of nitrogens with zero attached hydrogens (tertiary/aromatic N) is 1. The third kappa shape index (κ3) is 2.47. The molecule has 0 spiro atoms. The molecule has 2 N–H and O–H groups in total. The minimum atomic E-state index is 0.302. The molecule has 1 rings (SSSR count). The van der Waals surface area contributed by atoms with E-state index in [1.54, 1.807) is 7.11 Å². The van der Waals surface area contributed by atoms with Gasteiger partial charge in [0, 0.05) is 19.6 Å². The molecule has 0 radical (unpaired) electrons. The van der Waals surface area contributed by atoms with E-state index < -0.39 is 0 Å². The Bertz CT molecular complexity index is 363. The zero-order chi connectivity index (χ0) is 12.3. The van der Waals surface area contributed by atoms with Gasteiger partial charge in [0.15, 0.2) is 0 Å². The van der Waals surface area contributed by atoms with Crippen LogP contribution in [0.25, 0.3) is 0 Å². The lowest BCUT2D eigenvalue weighted by Gasteiger charge is -2.28. The maximum absolute atomic E-state index is 5.69. The summed E-state index contributed by atoms with van der Waals surface area (Å²) in [7, 11) is 3.75. The Morgan fingerprint density at radius 2 is 1.88 bits per heavy atom. The molecular formula is C13H22N2O. The van der Waals surface area contributed by atoms with E-state index in [1.165, 1.54) is 11.1 Å². The number of nitrogens with two attached hydrogens (primary N) is 1. The van der Waals surface area contributed by atoms with Gasteiger partial charge in [0.1, 0.15) is 5.75 Å². The van der Waals surface area contributed by atoms with Gasteiger partial charge < -0.3 is 15.4 Å². The first-order valence-electron chi connectivity index (χ1n) is 5.59. The Balaban J connectivity index is 3.16. The SMILES string of the molecule is COc1cc(C)c(C)cc1N(C)C(C)CN. The van der Waals surface area contributed by atoms with Crippen LogP contribution in [0, 0.1) is 13.8 Å². The molecule has 0 bridgehead atoms. The molecule has 0 aromatic heterocycles. The number of hydrogen-bond donors (Lipinski definition) is 1. The van der Waals surface area contributed by atoms with Gasteiger partial charge in [-0.25, -0.2) is 0 Å². The number of aryl methyl sites for hydroxylation is 2. The smallest absolute Gasteiger partial charge is 0.142 e. The number of hydrogen-bond acceptors (Lipinski definition) is 3. The van der Waals surface area contributed by atoms with Crippen LogP contribution in [-0.2, 0) is 0 Å². The number of likely N-dealkylation sites (N-methyl/N-ethyl adjacent to an activating group) is 1. The maximum atomic E-state index is 5.69. The van der Waals surface area contributed by atoms with Gasteiger partial charge in [-0.15, -0.1) is 0 Å². The summed E-state index contributed by atoms with van der Waals surface area (Å²) in [6.07, 6.45) is 0. The van der Waals surface area contributed by atoms with Crippen molar-refractivity contribution in [2.75, 3.05) is 25.6 Å². The molecule has 0 heterocycles. The fraction of sp³-hybridized carbons (Fsp3) is 0.538. The average molecular weight is 222 g/mol. The van der Waals surface area contributed by atoms with Crippen LogP contribution in [0.5, 0.6) is 5.75 Å². The van der Waals surface area contributed by atoms with Gasteiger partial charge in [-0.2, -0.15) is 0 Å². The summed E-state index contributed by atoms with van der Waals surface area (Å²) in [4.78, 5) is 2.16. The van der Waals surface area contributed by atoms with Gasteiger partial charge in [-0.05, 0) is 44.0 Å². The summed E-state index contributed by atoms with van der Waals surface area (Å²) in [5.74, 6) is 0.908. The Morgan fingerprint density at radius 3 is 2.38 bits per heavy atom. The summed E-state index contributed by atoms with van der Waals surface area (Å²) in [6.45, 7) is 6.94. The van der Waals surface area contributed by atoms with Gasteiger partial charge >= 0.3 is 0 Å². The topological polar surface area (TPSA) is 38.5 Å². The highest BCUT2D eigenvalue weighted by Gasteiger charge is 2.14. The molecule has 1 atom stereocenters. The van der Waals surface area contributed by atoms with E-state index in [0.29, 0.717) is 12.6 Å². The predicted molar refractivity (Wildman–Crippen MR) is 69.4 cm³/mol. The molecule has 0 saturated heterocycles. The van der Waals surface area contributed by atoms with Crippen molar-refractivity contribution in [2.45, 2.75) is 26.8 Å². The summed E-state index contributed by atoms with van der Waals surface area (Å²) >= 11 is 0. The molecule has 0 amide bonds. The molecule has 1 unspecified atom stereocenters. The second-order valence-electron chi connectivity index (χ2n) is 4.30. The number of benzene rings is 1. The van der Waals surface area contributed by atoms with Crippen LogP contribution < -0.4 is 15.4 Å². The molecule has 3 nitrogen and oxygen atoms in total. The first-order chi connectivity index (χ1) is 7.51. The first-order valence-corrected chi connectivity index (χ1v) is 5.59. The highest BCUT2D eigenvalue weighted by Crippen LogP contribution is 2.31. The van der Waals surface area contributed by atoms with Crippen molar-refractivity contribution >= 4 is 5.69 Å². The second kappa shape index (κ2) is 5.21. The van der Waals surface area contributed by atoms with Gasteiger partial charge in [0.05, 0.1) is 12.8 Å². The van der Waals surface area contributed by atoms with Crippen molar-refractivity contribution in [3.05, 3.63) is 23.3 Å². The Hall–Kier alpha value is -1.22. The minimum Gasteiger partial charge on any atom is -0.495 e. The normalized spacial score (nSPS) is 12.4. The van der Waals surface area contributed by atoms with Crippen molar-refractivity contribution in [1.82, 2.24) is 0 Å². The predicted octanol–water partition coefficient (Wildman–Crippen LogP) is 2.10. The number of rotatable bonds is 4. The second-order valence-corrected chi connectivity index (χ2v) is 4.30. The zero-order valence-electron chi connectivity index (χ0n) is 10.9.